The van der Waals surface area contributed by atoms with Gasteiger partial charge in [-0.2, -0.15) is 18.3 Å². The van der Waals surface area contributed by atoms with E-state index in [0.29, 0.717) is 11.9 Å². The van der Waals surface area contributed by atoms with Crippen molar-refractivity contribution in [3.63, 3.8) is 0 Å². The van der Waals surface area contributed by atoms with Gasteiger partial charge in [-0.1, -0.05) is 0 Å². The van der Waals surface area contributed by atoms with E-state index in [1.165, 1.54) is 24.5 Å². The first-order chi connectivity index (χ1) is 15.2. The van der Waals surface area contributed by atoms with E-state index in [1.807, 2.05) is 0 Å². The van der Waals surface area contributed by atoms with Crippen molar-refractivity contribution in [2.24, 2.45) is 0 Å². The topological polar surface area (TPSA) is 129 Å². The number of aromatic amines is 1. The second kappa shape index (κ2) is 7.80. The van der Waals surface area contributed by atoms with Crippen LogP contribution in [0.1, 0.15) is 33.5 Å². The molecule has 0 radical (unpaired) electrons. The molecule has 164 valence electrons. The van der Waals surface area contributed by atoms with E-state index in [0.717, 1.165) is 23.1 Å². The number of hydrogen-bond acceptors (Lipinski definition) is 6. The number of halogens is 3. The van der Waals surface area contributed by atoms with Crippen molar-refractivity contribution >= 4 is 22.9 Å². The van der Waals surface area contributed by atoms with Crippen LogP contribution in [0.5, 0.6) is 0 Å². The van der Waals surface area contributed by atoms with Crippen LogP contribution >= 0.6 is 0 Å². The molecule has 0 atom stereocenters. The quantitative estimate of drug-likeness (QED) is 0.485. The van der Waals surface area contributed by atoms with Gasteiger partial charge in [0.25, 0.3) is 5.91 Å². The minimum Gasteiger partial charge on any atom is -0.545 e. The van der Waals surface area contributed by atoms with Crippen LogP contribution in [0.3, 0.4) is 0 Å². The van der Waals surface area contributed by atoms with Crippen LogP contribution in [0.15, 0.2) is 43.0 Å². The number of nitrogens with one attached hydrogen (secondary N) is 2. The predicted octanol–water partition coefficient (Wildman–Crippen LogP) is 1.94. The summed E-state index contributed by atoms with van der Waals surface area (Å²) in [7, 11) is 0. The Kier molecular flexibility index (Phi) is 5.12. The lowest BCUT2D eigenvalue weighted by atomic mass is 10.0. The molecule has 4 rings (SSSR count). The molecule has 0 spiro atoms. The Morgan fingerprint density at radius 2 is 2.00 bits per heavy atom. The lowest BCUT2D eigenvalue weighted by Crippen LogP contribution is -2.22. The largest absolute Gasteiger partial charge is 0.545 e. The monoisotopic (exact) mass is 443 g/mol. The number of H-pyrrole nitrogens is 1. The maximum Gasteiger partial charge on any atom is 0.435 e. The minimum atomic E-state index is -4.67. The molecule has 1 amide bonds. The van der Waals surface area contributed by atoms with Crippen molar-refractivity contribution in [3.8, 4) is 16.8 Å². The summed E-state index contributed by atoms with van der Waals surface area (Å²) in [5, 5.41) is 17.8. The van der Waals surface area contributed by atoms with Gasteiger partial charge in [0.1, 0.15) is 11.3 Å². The highest BCUT2D eigenvalue weighted by molar-refractivity contribution is 6.01. The number of aromatic nitrogens is 5. The predicted molar refractivity (Wildman–Crippen MR) is 104 cm³/mol. The number of carbonyl (C=O) groups excluding carboxylic acids is 2. The molecule has 0 aliphatic rings. The SMILES string of the molecule is CCNC(=O)c1cc2c(-n3ccc(C(F)(F)F)n3)c(-c3cncc(C(=O)[O-])c3)cnc2[nH]1. The van der Waals surface area contributed by atoms with E-state index < -0.39 is 23.7 Å². The molecule has 0 aliphatic heterocycles. The van der Waals surface area contributed by atoms with Gasteiger partial charge in [-0.3, -0.25) is 9.78 Å². The number of carbonyl (C=O) groups is 2. The zero-order valence-corrected chi connectivity index (χ0v) is 16.4. The highest BCUT2D eigenvalue weighted by Gasteiger charge is 2.34. The van der Waals surface area contributed by atoms with Gasteiger partial charge >= 0.3 is 6.18 Å². The molecule has 0 aromatic carbocycles. The van der Waals surface area contributed by atoms with Gasteiger partial charge in [0, 0.05) is 53.4 Å². The summed E-state index contributed by atoms with van der Waals surface area (Å²) in [4.78, 5) is 34.4. The Morgan fingerprint density at radius 1 is 1.22 bits per heavy atom. The maximum atomic E-state index is 13.2. The number of pyridine rings is 2. The van der Waals surface area contributed by atoms with Gasteiger partial charge in [0.15, 0.2) is 5.69 Å². The molecule has 32 heavy (non-hydrogen) atoms. The Labute approximate surface area is 177 Å². The molecule has 4 heterocycles. The highest BCUT2D eigenvalue weighted by atomic mass is 19.4. The third-order valence-electron chi connectivity index (χ3n) is 4.61. The van der Waals surface area contributed by atoms with Crippen molar-refractivity contribution in [3.05, 3.63) is 59.9 Å². The van der Waals surface area contributed by atoms with Crippen molar-refractivity contribution in [1.29, 1.82) is 0 Å². The third kappa shape index (κ3) is 3.77. The molecule has 9 nitrogen and oxygen atoms in total. The number of amides is 1. The van der Waals surface area contributed by atoms with E-state index in [4.69, 9.17) is 0 Å². The van der Waals surface area contributed by atoms with Crippen LogP contribution in [0, 0.1) is 0 Å². The molecule has 4 aromatic rings. The average Bonchev–Trinajstić information content (AvgIpc) is 3.40. The normalized spacial score (nSPS) is 11.6. The molecule has 4 aromatic heterocycles. The number of alkyl halides is 3. The Morgan fingerprint density at radius 3 is 2.66 bits per heavy atom. The molecule has 0 bridgehead atoms. The standard InChI is InChI=1S/C20H15F3N6O3/c1-2-25-18(30)14-6-12-16(29-4-3-15(28-29)20(21,22)23)13(9-26-17(12)27-14)10-5-11(19(31)32)8-24-7-10/h3-9H,2H2,1H3,(H,25,30)(H,26,27)(H,31,32)/p-1. The summed E-state index contributed by atoms with van der Waals surface area (Å²) in [6, 6.07) is 3.51. The van der Waals surface area contributed by atoms with Gasteiger partial charge in [-0.05, 0) is 25.1 Å². The molecule has 2 N–H and O–H groups in total. The first-order valence-corrected chi connectivity index (χ1v) is 9.29. The van der Waals surface area contributed by atoms with Crippen LogP contribution in [-0.2, 0) is 6.18 Å². The maximum absolute atomic E-state index is 13.2. The van der Waals surface area contributed by atoms with E-state index in [2.05, 4.69) is 25.4 Å². The lowest BCUT2D eigenvalue weighted by molar-refractivity contribution is -0.255. The number of fused-ring (bicyclic) bond motifs is 1. The van der Waals surface area contributed by atoms with Crippen molar-refractivity contribution in [2.45, 2.75) is 13.1 Å². The Balaban J connectivity index is 1.98. The fourth-order valence-electron chi connectivity index (χ4n) is 3.20. The fourth-order valence-corrected chi connectivity index (χ4v) is 3.20. The number of carboxylic acids is 1. The van der Waals surface area contributed by atoms with Crippen molar-refractivity contribution in [1.82, 2.24) is 30.0 Å². The molecular formula is C20H14F3N6O3-. The summed E-state index contributed by atoms with van der Waals surface area (Å²) < 4.78 is 40.5. The summed E-state index contributed by atoms with van der Waals surface area (Å²) in [5.74, 6) is -1.89. The van der Waals surface area contributed by atoms with E-state index in [1.54, 1.807) is 6.92 Å². The van der Waals surface area contributed by atoms with Crippen molar-refractivity contribution in [2.75, 3.05) is 6.54 Å². The molecule has 0 unspecified atom stereocenters. The third-order valence-corrected chi connectivity index (χ3v) is 4.61. The van der Waals surface area contributed by atoms with Gasteiger partial charge in [-0.15, -0.1) is 0 Å². The molecule has 0 fully saturated rings. The van der Waals surface area contributed by atoms with Crippen LogP contribution in [0.4, 0.5) is 13.2 Å². The Bertz CT molecular complexity index is 1340. The number of aromatic carboxylic acids is 1. The summed E-state index contributed by atoms with van der Waals surface area (Å²) >= 11 is 0. The summed E-state index contributed by atoms with van der Waals surface area (Å²) in [6.45, 7) is 2.11. The van der Waals surface area contributed by atoms with Crippen LogP contribution in [-0.4, -0.2) is 43.2 Å². The molecule has 0 aliphatic carbocycles. The lowest BCUT2D eigenvalue weighted by Gasteiger charge is -2.12. The highest BCUT2D eigenvalue weighted by Crippen LogP contribution is 2.34. The minimum absolute atomic E-state index is 0.151. The fraction of sp³-hybridized carbons (Fsp3) is 0.150. The van der Waals surface area contributed by atoms with Gasteiger partial charge in [-0.25, -0.2) is 9.67 Å². The zero-order valence-electron chi connectivity index (χ0n) is 16.4. The zero-order chi connectivity index (χ0) is 23.0. The number of rotatable bonds is 5. The number of hydrogen-bond donors (Lipinski definition) is 2. The van der Waals surface area contributed by atoms with Gasteiger partial charge in [0.05, 0.1) is 11.7 Å². The Hall–Kier alpha value is -4.22. The first kappa shape index (κ1) is 21.0. The molecule has 12 heteroatoms. The second-order valence-corrected chi connectivity index (χ2v) is 6.72. The van der Waals surface area contributed by atoms with E-state index in [9.17, 15) is 27.9 Å². The van der Waals surface area contributed by atoms with E-state index in [-0.39, 0.29) is 33.7 Å². The van der Waals surface area contributed by atoms with Crippen molar-refractivity contribution < 1.29 is 27.9 Å². The van der Waals surface area contributed by atoms with Gasteiger partial charge in [0.2, 0.25) is 0 Å². The summed E-state index contributed by atoms with van der Waals surface area (Å²) in [5.41, 5.74) is -0.269. The first-order valence-electron chi connectivity index (χ1n) is 9.29. The van der Waals surface area contributed by atoms with E-state index >= 15 is 0 Å². The molecular weight excluding hydrogens is 429 g/mol. The second-order valence-electron chi connectivity index (χ2n) is 6.72. The smallest absolute Gasteiger partial charge is 0.435 e. The average molecular weight is 443 g/mol. The molecule has 0 saturated heterocycles. The van der Waals surface area contributed by atoms with Gasteiger partial charge < -0.3 is 20.2 Å². The van der Waals surface area contributed by atoms with Crippen LogP contribution in [0.2, 0.25) is 0 Å². The number of carboxylic acid groups (broad SMARTS) is 1. The summed E-state index contributed by atoms with van der Waals surface area (Å²) in [6.07, 6.45) is 0.211. The van der Waals surface area contributed by atoms with Crippen LogP contribution in [0.25, 0.3) is 27.8 Å². The number of nitrogens with zero attached hydrogens (tertiary/aromatic N) is 4. The van der Waals surface area contributed by atoms with Crippen LogP contribution < -0.4 is 10.4 Å². The molecule has 0 saturated carbocycles.